The Hall–Kier alpha value is -3.71. The third-order valence-corrected chi connectivity index (χ3v) is 6.61. The molecule has 0 unspecified atom stereocenters. The third-order valence-electron chi connectivity index (χ3n) is 6.30. The van der Waals surface area contributed by atoms with E-state index in [1.54, 1.807) is 30.3 Å². The lowest BCUT2D eigenvalue weighted by Crippen LogP contribution is -2.21. The van der Waals surface area contributed by atoms with Crippen LogP contribution in [-0.4, -0.2) is 25.4 Å². The van der Waals surface area contributed by atoms with Crippen LogP contribution in [0.25, 0.3) is 33.5 Å². The van der Waals surface area contributed by atoms with Gasteiger partial charge < -0.3 is 14.9 Å². The number of amides is 1. The molecule has 35 heavy (non-hydrogen) atoms. The fourth-order valence-electron chi connectivity index (χ4n) is 4.50. The molecular formula is C27H25ClFN5O. The second kappa shape index (κ2) is 9.15. The molecule has 0 spiro atoms. The Labute approximate surface area is 207 Å². The van der Waals surface area contributed by atoms with E-state index in [1.807, 2.05) is 23.6 Å². The zero-order chi connectivity index (χ0) is 24.7. The van der Waals surface area contributed by atoms with E-state index in [0.29, 0.717) is 28.4 Å². The number of fused-ring (bicyclic) bond motifs is 2. The van der Waals surface area contributed by atoms with Crippen LogP contribution < -0.4 is 5.32 Å². The highest BCUT2D eigenvalue weighted by Gasteiger charge is 2.22. The number of imidazole rings is 2. The lowest BCUT2D eigenvalue weighted by atomic mass is 10.1. The molecule has 1 amide bonds. The Bertz CT molecular complexity index is 1550. The Balaban J connectivity index is 1.51. The highest BCUT2D eigenvalue weighted by atomic mass is 35.5. The summed E-state index contributed by atoms with van der Waals surface area (Å²) in [6.07, 6.45) is 1.77. The van der Waals surface area contributed by atoms with E-state index in [2.05, 4.69) is 40.2 Å². The number of aromatic amines is 1. The van der Waals surface area contributed by atoms with Crippen LogP contribution in [0, 0.1) is 12.7 Å². The van der Waals surface area contributed by atoms with Crippen molar-refractivity contribution in [1.29, 1.82) is 0 Å². The summed E-state index contributed by atoms with van der Waals surface area (Å²) in [4.78, 5) is 25.6. The molecule has 2 N–H and O–H groups in total. The summed E-state index contributed by atoms with van der Waals surface area (Å²) in [7, 11) is 0. The van der Waals surface area contributed by atoms with Crippen LogP contribution in [0.5, 0.6) is 0 Å². The van der Waals surface area contributed by atoms with Gasteiger partial charge in [-0.2, -0.15) is 0 Å². The van der Waals surface area contributed by atoms with Crippen LogP contribution in [-0.2, 0) is 0 Å². The van der Waals surface area contributed by atoms with Crippen LogP contribution in [0.1, 0.15) is 48.9 Å². The standard InChI is InChI=1S/C27H25ClFN5O/c1-4-17(5-2)34-23-13-15(3)9-11-21(23)33-26(34)27(35)30-16-10-12-20-22(14-16)32-25(31-20)24-18(28)7-6-8-19(24)29/h6-14,17H,4-5H2,1-3H3,(H,30,35)(H,31,32). The summed E-state index contributed by atoms with van der Waals surface area (Å²) >= 11 is 6.20. The van der Waals surface area contributed by atoms with Gasteiger partial charge in [-0.1, -0.05) is 37.6 Å². The van der Waals surface area contributed by atoms with Crippen LogP contribution >= 0.6 is 11.6 Å². The Morgan fingerprint density at radius 1 is 1.09 bits per heavy atom. The van der Waals surface area contributed by atoms with E-state index in [0.717, 1.165) is 29.4 Å². The summed E-state index contributed by atoms with van der Waals surface area (Å²) < 4.78 is 16.4. The van der Waals surface area contributed by atoms with Gasteiger partial charge in [0.1, 0.15) is 11.6 Å². The first kappa shape index (κ1) is 23.1. The molecule has 5 aromatic rings. The molecule has 0 atom stereocenters. The summed E-state index contributed by atoms with van der Waals surface area (Å²) in [6.45, 7) is 6.26. The minimum atomic E-state index is -0.458. The number of benzene rings is 3. The van der Waals surface area contributed by atoms with Crippen molar-refractivity contribution >= 4 is 45.3 Å². The fourth-order valence-corrected chi connectivity index (χ4v) is 4.76. The average Bonchev–Trinajstić information content (AvgIpc) is 3.41. The Kier molecular flexibility index (Phi) is 6.03. The second-order valence-electron chi connectivity index (χ2n) is 8.64. The van der Waals surface area contributed by atoms with Gasteiger partial charge in [0, 0.05) is 11.7 Å². The minimum Gasteiger partial charge on any atom is -0.338 e. The Morgan fingerprint density at radius 3 is 2.60 bits per heavy atom. The molecule has 0 bridgehead atoms. The van der Waals surface area contributed by atoms with E-state index >= 15 is 0 Å². The number of hydrogen-bond donors (Lipinski definition) is 2. The molecule has 0 aliphatic carbocycles. The number of carbonyl (C=O) groups excluding carboxylic acids is 1. The topological polar surface area (TPSA) is 75.6 Å². The molecule has 178 valence electrons. The largest absolute Gasteiger partial charge is 0.338 e. The molecule has 8 heteroatoms. The van der Waals surface area contributed by atoms with Gasteiger partial charge in [0.05, 0.1) is 32.7 Å². The van der Waals surface area contributed by atoms with E-state index in [9.17, 15) is 9.18 Å². The van der Waals surface area contributed by atoms with E-state index < -0.39 is 5.82 Å². The van der Waals surface area contributed by atoms with Crippen molar-refractivity contribution in [1.82, 2.24) is 19.5 Å². The van der Waals surface area contributed by atoms with E-state index in [4.69, 9.17) is 11.6 Å². The highest BCUT2D eigenvalue weighted by molar-refractivity contribution is 6.33. The fraction of sp³-hybridized carbons (Fsp3) is 0.222. The Morgan fingerprint density at radius 2 is 1.86 bits per heavy atom. The molecule has 0 saturated heterocycles. The van der Waals surface area contributed by atoms with Crippen LogP contribution in [0.3, 0.4) is 0 Å². The molecule has 3 aromatic carbocycles. The second-order valence-corrected chi connectivity index (χ2v) is 9.04. The number of aromatic nitrogens is 4. The van der Waals surface area contributed by atoms with Gasteiger partial charge in [-0.3, -0.25) is 4.79 Å². The zero-order valence-corrected chi connectivity index (χ0v) is 20.4. The first-order valence-corrected chi connectivity index (χ1v) is 12.0. The summed E-state index contributed by atoms with van der Waals surface area (Å²) in [5, 5.41) is 3.24. The first-order chi connectivity index (χ1) is 16.9. The number of nitrogens with zero attached hydrogens (tertiary/aromatic N) is 3. The number of carbonyl (C=O) groups is 1. The predicted molar refractivity (Wildman–Crippen MR) is 139 cm³/mol. The molecule has 6 nitrogen and oxygen atoms in total. The lowest BCUT2D eigenvalue weighted by Gasteiger charge is -2.18. The first-order valence-electron chi connectivity index (χ1n) is 11.6. The number of halogens is 2. The van der Waals surface area contributed by atoms with Gasteiger partial charge in [-0.25, -0.2) is 14.4 Å². The highest BCUT2D eigenvalue weighted by Crippen LogP contribution is 2.31. The number of nitrogens with one attached hydrogen (secondary N) is 2. The van der Waals surface area contributed by atoms with Crippen molar-refractivity contribution in [2.45, 2.75) is 39.7 Å². The van der Waals surface area contributed by atoms with Gasteiger partial charge in [0.2, 0.25) is 5.82 Å². The quantitative estimate of drug-likeness (QED) is 0.263. The number of aryl methyl sites for hydroxylation is 1. The van der Waals surface area contributed by atoms with E-state index in [1.165, 1.54) is 6.07 Å². The zero-order valence-electron chi connectivity index (χ0n) is 19.7. The molecule has 5 rings (SSSR count). The normalized spacial score (nSPS) is 11.6. The molecule has 0 aliphatic rings. The predicted octanol–water partition coefficient (Wildman–Crippen LogP) is 7.29. The number of H-pyrrole nitrogens is 1. The van der Waals surface area contributed by atoms with Gasteiger partial charge in [0.15, 0.2) is 0 Å². The number of hydrogen-bond acceptors (Lipinski definition) is 3. The van der Waals surface area contributed by atoms with Crippen molar-refractivity contribution < 1.29 is 9.18 Å². The van der Waals surface area contributed by atoms with Crippen LogP contribution in [0.2, 0.25) is 5.02 Å². The van der Waals surface area contributed by atoms with Crippen molar-refractivity contribution in [3.8, 4) is 11.4 Å². The number of rotatable bonds is 6. The molecule has 0 radical (unpaired) electrons. The summed E-state index contributed by atoms with van der Waals surface area (Å²) in [6, 6.07) is 16.0. The monoisotopic (exact) mass is 489 g/mol. The minimum absolute atomic E-state index is 0.158. The van der Waals surface area contributed by atoms with Gasteiger partial charge in [0.25, 0.3) is 5.91 Å². The molecule has 2 aromatic heterocycles. The molecule has 0 fully saturated rings. The van der Waals surface area contributed by atoms with Gasteiger partial charge >= 0.3 is 0 Å². The van der Waals surface area contributed by atoms with Crippen molar-refractivity contribution in [3.05, 3.63) is 76.8 Å². The maximum absolute atomic E-state index is 14.4. The van der Waals surface area contributed by atoms with Crippen LogP contribution in [0.4, 0.5) is 10.1 Å². The van der Waals surface area contributed by atoms with Crippen molar-refractivity contribution in [3.63, 3.8) is 0 Å². The molecule has 2 heterocycles. The van der Waals surface area contributed by atoms with Gasteiger partial charge in [-0.15, -0.1) is 0 Å². The maximum Gasteiger partial charge on any atom is 0.291 e. The van der Waals surface area contributed by atoms with Crippen molar-refractivity contribution in [2.75, 3.05) is 5.32 Å². The maximum atomic E-state index is 14.4. The van der Waals surface area contributed by atoms with E-state index in [-0.39, 0.29) is 22.5 Å². The smallest absolute Gasteiger partial charge is 0.291 e. The van der Waals surface area contributed by atoms with Crippen molar-refractivity contribution in [2.24, 2.45) is 0 Å². The van der Waals surface area contributed by atoms with Gasteiger partial charge in [-0.05, 0) is 67.8 Å². The summed E-state index contributed by atoms with van der Waals surface area (Å²) in [5.74, 6) is -0.0390. The van der Waals surface area contributed by atoms with Crippen LogP contribution in [0.15, 0.2) is 54.6 Å². The average molecular weight is 490 g/mol. The third kappa shape index (κ3) is 4.17. The molecular weight excluding hydrogens is 465 g/mol. The summed E-state index contributed by atoms with van der Waals surface area (Å²) in [5.41, 5.74) is 4.95. The lowest BCUT2D eigenvalue weighted by molar-refractivity contribution is 0.101. The molecule has 0 aliphatic heterocycles. The number of anilines is 1. The SMILES string of the molecule is CCC(CC)n1c(C(=O)Nc2ccc3nc(-c4c(F)cccc4Cl)[nH]c3c2)nc2ccc(C)cc21. The molecule has 0 saturated carbocycles.